The second-order valence-electron chi connectivity index (χ2n) is 5.38. The Morgan fingerprint density at radius 3 is 2.39 bits per heavy atom. The van der Waals surface area contributed by atoms with Crippen molar-refractivity contribution in [1.29, 1.82) is 0 Å². The summed E-state index contributed by atoms with van der Waals surface area (Å²) in [6, 6.07) is 6.25. The minimum atomic E-state index is -0.675. The summed E-state index contributed by atoms with van der Waals surface area (Å²) in [5, 5.41) is 5.58. The summed E-state index contributed by atoms with van der Waals surface area (Å²) in [4.78, 5) is 34.7. The summed E-state index contributed by atoms with van der Waals surface area (Å²) in [5.74, 6) is -0.963. The maximum Gasteiger partial charge on any atom is 0.325 e. The fourth-order valence-electron chi connectivity index (χ4n) is 1.60. The minimum Gasteiger partial charge on any atom is -0.454 e. The van der Waals surface area contributed by atoms with Crippen LogP contribution in [-0.4, -0.2) is 37.5 Å². The molecule has 126 valence electrons. The van der Waals surface area contributed by atoms with Gasteiger partial charge in [-0.1, -0.05) is 25.4 Å². The van der Waals surface area contributed by atoms with Crippen LogP contribution in [-0.2, 0) is 14.3 Å². The van der Waals surface area contributed by atoms with Crippen molar-refractivity contribution in [2.75, 3.05) is 19.7 Å². The zero-order chi connectivity index (χ0) is 17.2. The third-order valence-electron chi connectivity index (χ3n) is 2.91. The van der Waals surface area contributed by atoms with Crippen molar-refractivity contribution in [2.45, 2.75) is 20.3 Å². The number of ether oxygens (including phenoxy) is 1. The third-order valence-corrected chi connectivity index (χ3v) is 3.16. The van der Waals surface area contributed by atoms with Crippen LogP contribution < -0.4 is 10.6 Å². The molecular weight excluding hydrogens is 320 g/mol. The predicted octanol–water partition coefficient (Wildman–Crippen LogP) is 1.78. The van der Waals surface area contributed by atoms with Gasteiger partial charge in [0.15, 0.2) is 6.61 Å². The Labute approximate surface area is 140 Å². The molecule has 0 saturated carbocycles. The van der Waals surface area contributed by atoms with E-state index in [2.05, 4.69) is 24.5 Å². The van der Waals surface area contributed by atoms with Crippen molar-refractivity contribution in [3.63, 3.8) is 0 Å². The molecule has 2 amide bonds. The number of carbonyl (C=O) groups excluding carboxylic acids is 3. The number of hydrogen-bond donors (Lipinski definition) is 2. The molecule has 0 unspecified atom stereocenters. The van der Waals surface area contributed by atoms with Crippen LogP contribution in [0.25, 0.3) is 0 Å². The molecule has 1 rings (SSSR count). The van der Waals surface area contributed by atoms with E-state index in [9.17, 15) is 14.4 Å². The first kappa shape index (κ1) is 19.0. The van der Waals surface area contributed by atoms with Crippen LogP contribution >= 0.6 is 11.6 Å². The monoisotopic (exact) mass is 340 g/mol. The molecule has 2 N–H and O–H groups in total. The molecule has 0 aromatic heterocycles. The quantitative estimate of drug-likeness (QED) is 0.706. The van der Waals surface area contributed by atoms with Crippen LogP contribution in [0.2, 0.25) is 5.02 Å². The first-order valence-corrected chi connectivity index (χ1v) is 7.72. The largest absolute Gasteiger partial charge is 0.454 e. The van der Waals surface area contributed by atoms with Crippen LogP contribution in [0, 0.1) is 5.92 Å². The van der Waals surface area contributed by atoms with Gasteiger partial charge in [0.1, 0.15) is 6.54 Å². The lowest BCUT2D eigenvalue weighted by atomic mass is 10.1. The lowest BCUT2D eigenvalue weighted by Crippen LogP contribution is -2.34. The van der Waals surface area contributed by atoms with E-state index < -0.39 is 11.9 Å². The summed E-state index contributed by atoms with van der Waals surface area (Å²) in [5.41, 5.74) is 0.383. The molecule has 1 aromatic rings. The highest BCUT2D eigenvalue weighted by Gasteiger charge is 2.10. The van der Waals surface area contributed by atoms with E-state index in [1.807, 2.05) is 0 Å². The highest BCUT2D eigenvalue weighted by atomic mass is 35.5. The number of carbonyl (C=O) groups is 3. The Balaban J connectivity index is 2.22. The van der Waals surface area contributed by atoms with Crippen LogP contribution in [0.5, 0.6) is 0 Å². The van der Waals surface area contributed by atoms with Crippen LogP contribution in [0.1, 0.15) is 30.6 Å². The molecule has 0 bridgehead atoms. The average molecular weight is 341 g/mol. The van der Waals surface area contributed by atoms with Crippen molar-refractivity contribution in [3.05, 3.63) is 34.9 Å². The highest BCUT2D eigenvalue weighted by molar-refractivity contribution is 6.30. The Morgan fingerprint density at radius 2 is 1.78 bits per heavy atom. The smallest absolute Gasteiger partial charge is 0.325 e. The SMILES string of the molecule is CC(C)CCNC(=O)COC(=O)CNC(=O)c1ccc(Cl)cc1. The van der Waals surface area contributed by atoms with Gasteiger partial charge in [-0.15, -0.1) is 0 Å². The Kier molecular flexibility index (Phi) is 8.11. The summed E-state index contributed by atoms with van der Waals surface area (Å²) in [6.07, 6.45) is 0.858. The van der Waals surface area contributed by atoms with Gasteiger partial charge < -0.3 is 15.4 Å². The Morgan fingerprint density at radius 1 is 1.13 bits per heavy atom. The second kappa shape index (κ2) is 9.84. The van der Waals surface area contributed by atoms with Crippen LogP contribution in [0.4, 0.5) is 0 Å². The Bertz CT molecular complexity index is 544. The fourth-order valence-corrected chi connectivity index (χ4v) is 1.73. The summed E-state index contributed by atoms with van der Waals surface area (Å²) in [6.45, 7) is 3.99. The van der Waals surface area contributed by atoms with E-state index in [-0.39, 0.29) is 19.1 Å². The van der Waals surface area contributed by atoms with E-state index in [0.717, 1.165) is 6.42 Å². The molecule has 0 aliphatic heterocycles. The highest BCUT2D eigenvalue weighted by Crippen LogP contribution is 2.09. The molecule has 0 radical (unpaired) electrons. The molecule has 7 heteroatoms. The minimum absolute atomic E-state index is 0.305. The first-order chi connectivity index (χ1) is 10.9. The molecule has 0 aliphatic carbocycles. The number of rotatable bonds is 8. The van der Waals surface area contributed by atoms with Crippen molar-refractivity contribution < 1.29 is 19.1 Å². The zero-order valence-corrected chi connectivity index (χ0v) is 14.0. The van der Waals surface area contributed by atoms with E-state index in [1.165, 1.54) is 0 Å². The summed E-state index contributed by atoms with van der Waals surface area (Å²) < 4.78 is 4.78. The molecule has 0 spiro atoms. The normalized spacial score (nSPS) is 10.3. The van der Waals surface area contributed by atoms with E-state index in [1.54, 1.807) is 24.3 Å². The van der Waals surface area contributed by atoms with Gasteiger partial charge in [-0.25, -0.2) is 0 Å². The summed E-state index contributed by atoms with van der Waals surface area (Å²) >= 11 is 5.72. The number of hydrogen-bond acceptors (Lipinski definition) is 4. The van der Waals surface area contributed by atoms with E-state index in [0.29, 0.717) is 23.0 Å². The number of nitrogens with one attached hydrogen (secondary N) is 2. The third kappa shape index (κ3) is 8.21. The van der Waals surface area contributed by atoms with Crippen LogP contribution in [0.15, 0.2) is 24.3 Å². The number of amides is 2. The maximum atomic E-state index is 11.8. The molecule has 0 heterocycles. The van der Waals surface area contributed by atoms with Gasteiger partial charge in [0, 0.05) is 17.1 Å². The van der Waals surface area contributed by atoms with Crippen LogP contribution in [0.3, 0.4) is 0 Å². The van der Waals surface area contributed by atoms with Gasteiger partial charge in [0.05, 0.1) is 0 Å². The van der Waals surface area contributed by atoms with E-state index >= 15 is 0 Å². The van der Waals surface area contributed by atoms with Crippen molar-refractivity contribution in [2.24, 2.45) is 5.92 Å². The Hall–Kier alpha value is -2.08. The number of halogens is 1. The van der Waals surface area contributed by atoms with Gasteiger partial charge in [-0.3, -0.25) is 14.4 Å². The van der Waals surface area contributed by atoms with Gasteiger partial charge in [-0.05, 0) is 36.6 Å². The van der Waals surface area contributed by atoms with Gasteiger partial charge in [-0.2, -0.15) is 0 Å². The predicted molar refractivity (Wildman–Crippen MR) is 87.2 cm³/mol. The van der Waals surface area contributed by atoms with Gasteiger partial charge in [0.25, 0.3) is 11.8 Å². The molecule has 6 nitrogen and oxygen atoms in total. The topological polar surface area (TPSA) is 84.5 Å². The molecule has 1 aromatic carbocycles. The lowest BCUT2D eigenvalue weighted by molar-refractivity contribution is -0.147. The average Bonchev–Trinajstić information content (AvgIpc) is 2.51. The first-order valence-electron chi connectivity index (χ1n) is 7.34. The van der Waals surface area contributed by atoms with Crippen molar-refractivity contribution >= 4 is 29.4 Å². The van der Waals surface area contributed by atoms with Crippen molar-refractivity contribution in [3.8, 4) is 0 Å². The molecule has 0 atom stereocenters. The molecule has 23 heavy (non-hydrogen) atoms. The zero-order valence-electron chi connectivity index (χ0n) is 13.2. The molecule has 0 fully saturated rings. The van der Waals surface area contributed by atoms with Crippen molar-refractivity contribution in [1.82, 2.24) is 10.6 Å². The number of benzene rings is 1. The molecular formula is C16H21ClN2O4. The maximum absolute atomic E-state index is 11.8. The standard InChI is InChI=1S/C16H21ClN2O4/c1-11(2)7-8-18-14(20)10-23-15(21)9-19-16(22)12-3-5-13(17)6-4-12/h3-6,11H,7-10H2,1-2H3,(H,18,20)(H,19,22). The molecule has 0 aliphatic rings. The number of esters is 1. The van der Waals surface area contributed by atoms with E-state index in [4.69, 9.17) is 16.3 Å². The van der Waals surface area contributed by atoms with Gasteiger partial charge in [0.2, 0.25) is 0 Å². The van der Waals surface area contributed by atoms with Gasteiger partial charge >= 0.3 is 5.97 Å². The summed E-state index contributed by atoms with van der Waals surface area (Å²) in [7, 11) is 0. The fraction of sp³-hybridized carbons (Fsp3) is 0.438. The second-order valence-corrected chi connectivity index (χ2v) is 5.82. The lowest BCUT2D eigenvalue weighted by Gasteiger charge is -2.08. The molecule has 0 saturated heterocycles.